The fourth-order valence-corrected chi connectivity index (χ4v) is 0.211. The second kappa shape index (κ2) is 3.08. The first-order valence-corrected chi connectivity index (χ1v) is 2.79. The molecule has 0 heterocycles. The second-order valence-corrected chi connectivity index (χ2v) is 2.40. The molecule has 0 fully saturated rings. The molecule has 0 aliphatic rings. The number of rotatable bonds is 2. The molecule has 0 radical (unpaired) electrons. The number of hydrogen-bond acceptors (Lipinski definition) is 1. The van der Waals surface area contributed by atoms with Crippen LogP contribution in [0.25, 0.3) is 0 Å². The molecule has 7 heavy (non-hydrogen) atoms. The third-order valence-electron chi connectivity index (χ3n) is 1.43. The average molecular weight is 100.0 g/mol. The van der Waals surface area contributed by atoms with Crippen molar-refractivity contribution in [2.24, 2.45) is 5.92 Å². The van der Waals surface area contributed by atoms with Crippen molar-refractivity contribution in [2.45, 2.75) is 26.6 Å². The Morgan fingerprint density at radius 3 is 1.71 bits per heavy atom. The van der Waals surface area contributed by atoms with Gasteiger partial charge in [-0.15, -0.1) is 0 Å². The molecule has 0 aromatic heterocycles. The molecule has 0 amide bonds. The van der Waals surface area contributed by atoms with Crippen LogP contribution >= 0.6 is 0 Å². The van der Waals surface area contributed by atoms with Crippen LogP contribution in [0.4, 0.5) is 0 Å². The molecule has 0 aromatic carbocycles. The molecule has 0 aliphatic heterocycles. The zero-order valence-corrected chi connectivity index (χ0v) is 5.31. The zero-order valence-electron chi connectivity index (χ0n) is 5.31. The third kappa shape index (κ3) is 2.69. The molecule has 1 nitrogen and oxygen atoms in total. The van der Waals surface area contributed by atoms with Crippen molar-refractivity contribution in [2.75, 3.05) is 0 Å². The van der Waals surface area contributed by atoms with Gasteiger partial charge in [0.25, 0.3) is 7.48 Å². The molecule has 1 unspecified atom stereocenters. The van der Waals surface area contributed by atoms with Gasteiger partial charge in [0.1, 0.15) is 0 Å². The predicted octanol–water partition coefficient (Wildman–Crippen LogP) is 0.795. The third-order valence-corrected chi connectivity index (χ3v) is 1.43. The van der Waals surface area contributed by atoms with Gasteiger partial charge in [0, 0.05) is 0 Å². The fraction of sp³-hybridized carbons (Fsp3) is 1.00. The van der Waals surface area contributed by atoms with E-state index in [1.54, 1.807) is 0 Å². The maximum absolute atomic E-state index is 8.51. The summed E-state index contributed by atoms with van der Waals surface area (Å²) in [5.74, 6) is 1.07. The van der Waals surface area contributed by atoms with E-state index in [9.17, 15) is 0 Å². The Morgan fingerprint density at radius 2 is 1.71 bits per heavy atom. The van der Waals surface area contributed by atoms with E-state index in [-0.39, 0.29) is 0 Å². The van der Waals surface area contributed by atoms with Crippen molar-refractivity contribution in [3.63, 3.8) is 0 Å². The van der Waals surface area contributed by atoms with Gasteiger partial charge in [0.05, 0.1) is 0 Å². The maximum atomic E-state index is 8.51. The quantitative estimate of drug-likeness (QED) is 0.508. The van der Waals surface area contributed by atoms with Gasteiger partial charge in [0.2, 0.25) is 0 Å². The Kier molecular flexibility index (Phi) is 3.09. The van der Waals surface area contributed by atoms with Crippen molar-refractivity contribution < 1.29 is 5.02 Å². The standard InChI is InChI=1S/C5H13BO/c1-4(2)5(3)6-7/h4-7H,1-3H3. The molecular formula is C5H13BO. The van der Waals surface area contributed by atoms with Crippen LogP contribution in [-0.4, -0.2) is 12.5 Å². The lowest BCUT2D eigenvalue weighted by Crippen LogP contribution is -2.04. The lowest BCUT2D eigenvalue weighted by Gasteiger charge is -2.08. The van der Waals surface area contributed by atoms with Gasteiger partial charge in [-0.05, 0) is 11.7 Å². The van der Waals surface area contributed by atoms with Gasteiger partial charge < -0.3 is 5.02 Å². The van der Waals surface area contributed by atoms with Crippen molar-refractivity contribution in [1.82, 2.24) is 0 Å². The molecule has 0 bridgehead atoms. The van der Waals surface area contributed by atoms with E-state index in [0.717, 1.165) is 0 Å². The smallest absolute Gasteiger partial charge is 0.273 e. The SMILES string of the molecule is CC(C)C(C)BO. The van der Waals surface area contributed by atoms with Crippen LogP contribution in [0.3, 0.4) is 0 Å². The van der Waals surface area contributed by atoms with Crippen LogP contribution in [0.5, 0.6) is 0 Å². The van der Waals surface area contributed by atoms with E-state index < -0.39 is 0 Å². The first-order chi connectivity index (χ1) is 3.18. The summed E-state index contributed by atoms with van der Waals surface area (Å²) in [5.41, 5.74) is 0. The highest BCUT2D eigenvalue weighted by Gasteiger charge is 2.04. The van der Waals surface area contributed by atoms with Gasteiger partial charge in [0.15, 0.2) is 0 Å². The van der Waals surface area contributed by atoms with Crippen molar-refractivity contribution in [3.05, 3.63) is 0 Å². The molecule has 0 aromatic rings. The van der Waals surface area contributed by atoms with Gasteiger partial charge >= 0.3 is 0 Å². The molecule has 1 atom stereocenters. The highest BCUT2D eigenvalue weighted by Crippen LogP contribution is 2.12. The summed E-state index contributed by atoms with van der Waals surface area (Å²) in [6.07, 6.45) is 0. The summed E-state index contributed by atoms with van der Waals surface area (Å²) >= 11 is 0. The van der Waals surface area contributed by atoms with Crippen LogP contribution in [0.2, 0.25) is 5.82 Å². The first-order valence-electron chi connectivity index (χ1n) is 2.79. The van der Waals surface area contributed by atoms with Crippen LogP contribution < -0.4 is 0 Å². The average Bonchev–Trinajstić information content (AvgIpc) is 1.65. The predicted molar refractivity (Wildman–Crippen MR) is 33.6 cm³/mol. The monoisotopic (exact) mass is 100 g/mol. The van der Waals surface area contributed by atoms with E-state index in [0.29, 0.717) is 19.2 Å². The highest BCUT2D eigenvalue weighted by atomic mass is 16.2. The Bertz CT molecular complexity index is 45.3. The van der Waals surface area contributed by atoms with Crippen molar-refractivity contribution in [3.8, 4) is 0 Å². The Balaban J connectivity index is 3.14. The second-order valence-electron chi connectivity index (χ2n) is 2.40. The molecule has 2 heteroatoms. The Hall–Kier alpha value is 0.0249. The van der Waals surface area contributed by atoms with Gasteiger partial charge in [-0.25, -0.2) is 0 Å². The minimum absolute atomic E-state index is 0.317. The molecule has 0 aliphatic carbocycles. The van der Waals surface area contributed by atoms with E-state index in [2.05, 4.69) is 13.8 Å². The van der Waals surface area contributed by atoms with Crippen LogP contribution in [0.1, 0.15) is 20.8 Å². The molecule has 0 saturated heterocycles. The molecular weight excluding hydrogens is 86.9 g/mol. The maximum Gasteiger partial charge on any atom is 0.273 e. The molecule has 42 valence electrons. The van der Waals surface area contributed by atoms with E-state index in [1.807, 2.05) is 6.92 Å². The molecule has 1 N–H and O–H groups in total. The largest absolute Gasteiger partial charge is 0.454 e. The van der Waals surface area contributed by atoms with Crippen molar-refractivity contribution in [1.29, 1.82) is 0 Å². The van der Waals surface area contributed by atoms with Gasteiger partial charge in [-0.2, -0.15) is 0 Å². The van der Waals surface area contributed by atoms with Crippen molar-refractivity contribution >= 4 is 7.48 Å². The summed E-state index contributed by atoms with van der Waals surface area (Å²) in [4.78, 5) is 0. The lowest BCUT2D eigenvalue weighted by molar-refractivity contribution is 0.528. The zero-order chi connectivity index (χ0) is 5.86. The lowest BCUT2D eigenvalue weighted by atomic mass is 9.75. The normalized spacial score (nSPS) is 14.4. The molecule has 0 rings (SSSR count). The summed E-state index contributed by atoms with van der Waals surface area (Å²) in [7, 11) is 0.317. The van der Waals surface area contributed by atoms with E-state index in [4.69, 9.17) is 5.02 Å². The Labute approximate surface area is 46.0 Å². The summed E-state index contributed by atoms with van der Waals surface area (Å²) in [5, 5.41) is 8.51. The van der Waals surface area contributed by atoms with E-state index >= 15 is 0 Å². The summed E-state index contributed by atoms with van der Waals surface area (Å²) in [6, 6.07) is 0. The van der Waals surface area contributed by atoms with Crippen LogP contribution in [0, 0.1) is 5.92 Å². The number of hydrogen-bond donors (Lipinski definition) is 1. The first kappa shape index (κ1) is 7.02. The molecule has 0 saturated carbocycles. The van der Waals surface area contributed by atoms with Crippen LogP contribution in [-0.2, 0) is 0 Å². The highest BCUT2D eigenvalue weighted by molar-refractivity contribution is 6.27. The summed E-state index contributed by atoms with van der Waals surface area (Å²) in [6.45, 7) is 6.27. The van der Waals surface area contributed by atoms with Gasteiger partial charge in [-0.1, -0.05) is 20.8 Å². The van der Waals surface area contributed by atoms with E-state index in [1.165, 1.54) is 0 Å². The Morgan fingerprint density at radius 1 is 1.29 bits per heavy atom. The molecule has 0 spiro atoms. The minimum atomic E-state index is 0.317. The topological polar surface area (TPSA) is 20.2 Å². The minimum Gasteiger partial charge on any atom is -0.454 e. The summed E-state index contributed by atoms with van der Waals surface area (Å²) < 4.78 is 0. The fourth-order valence-electron chi connectivity index (χ4n) is 0.211. The van der Waals surface area contributed by atoms with Gasteiger partial charge in [-0.3, -0.25) is 0 Å². The van der Waals surface area contributed by atoms with Crippen LogP contribution in [0.15, 0.2) is 0 Å².